The molecule has 3 aliphatic rings. The van der Waals surface area contributed by atoms with Crippen molar-refractivity contribution in [3.05, 3.63) is 35.4 Å². The van der Waals surface area contributed by atoms with E-state index in [-0.39, 0.29) is 30.2 Å². The Kier molecular flexibility index (Phi) is 12.2. The van der Waals surface area contributed by atoms with Gasteiger partial charge in [0, 0.05) is 54.0 Å². The summed E-state index contributed by atoms with van der Waals surface area (Å²) >= 11 is 0. The molecule has 43 heavy (non-hydrogen) atoms. The first kappa shape index (κ1) is 34.9. The van der Waals surface area contributed by atoms with Crippen molar-refractivity contribution in [3.63, 3.8) is 0 Å². The molecular formula is C28H42F5N3O4S3. The van der Waals surface area contributed by atoms with Crippen LogP contribution >= 0.6 is 0 Å². The molecule has 3 aliphatic heterocycles. The minimum absolute atomic E-state index is 0.0288. The molecule has 7 nitrogen and oxygen atoms in total. The summed E-state index contributed by atoms with van der Waals surface area (Å²) in [5.74, 6) is -0.287. The van der Waals surface area contributed by atoms with Crippen LogP contribution in [-0.4, -0.2) is 98.9 Å². The molecule has 0 radical (unpaired) electrons. The summed E-state index contributed by atoms with van der Waals surface area (Å²) in [6.07, 6.45) is 6.52. The van der Waals surface area contributed by atoms with Crippen LogP contribution < -0.4 is 0 Å². The topological polar surface area (TPSA) is 78.0 Å². The molecule has 3 fully saturated rings. The third-order valence-electron chi connectivity index (χ3n) is 9.25. The zero-order valence-corrected chi connectivity index (χ0v) is 26.9. The van der Waals surface area contributed by atoms with Crippen LogP contribution in [0.5, 0.6) is 0 Å². The molecule has 3 heterocycles. The Bertz CT molecular complexity index is 1210. The Balaban J connectivity index is 1.23. The summed E-state index contributed by atoms with van der Waals surface area (Å²) in [6.45, 7) is 3.33. The molecule has 0 bridgehead atoms. The first-order valence-electron chi connectivity index (χ1n) is 14.9. The number of hydrogen-bond acceptors (Lipinski definition) is 5. The third-order valence-corrected chi connectivity index (χ3v) is 13.6. The molecule has 0 amide bonds. The summed E-state index contributed by atoms with van der Waals surface area (Å²) in [5, 5.41) is -0.171. The Morgan fingerprint density at radius 3 is 2.00 bits per heavy atom. The molecule has 0 aliphatic carbocycles. The maximum absolute atomic E-state index is 14.1. The molecule has 3 unspecified atom stereocenters. The number of nitrogens with zero attached hydrogens (tertiary/aromatic N) is 3. The van der Waals surface area contributed by atoms with E-state index in [1.54, 1.807) is 0 Å². The van der Waals surface area contributed by atoms with Gasteiger partial charge in [-0.25, -0.2) is 30.0 Å². The molecular weight excluding hydrogens is 634 g/mol. The Labute approximate surface area is 256 Å². The van der Waals surface area contributed by atoms with Crippen LogP contribution in [0.2, 0.25) is 0 Å². The first-order valence-corrected chi connectivity index (χ1v) is 19.3. The van der Waals surface area contributed by atoms with E-state index in [0.29, 0.717) is 62.4 Å². The summed E-state index contributed by atoms with van der Waals surface area (Å²) in [5.41, 5.74) is -4.15. The molecule has 0 saturated carbocycles. The molecule has 3 saturated heterocycles. The van der Waals surface area contributed by atoms with Crippen LogP contribution in [0.3, 0.4) is 0 Å². The normalized spacial score (nSPS) is 23.8. The number of hydrogen-bond donors (Lipinski definition) is 0. The van der Waals surface area contributed by atoms with Crippen molar-refractivity contribution in [2.24, 2.45) is 11.8 Å². The predicted octanol–water partition coefficient (Wildman–Crippen LogP) is 4.61. The maximum atomic E-state index is 14.1. The highest BCUT2D eigenvalue weighted by Crippen LogP contribution is 2.37. The lowest BCUT2D eigenvalue weighted by Gasteiger charge is -2.37. The van der Waals surface area contributed by atoms with Crippen LogP contribution in [0.15, 0.2) is 18.2 Å². The summed E-state index contributed by atoms with van der Waals surface area (Å²) in [7, 11) is -7.43. The fourth-order valence-corrected chi connectivity index (χ4v) is 10.1. The van der Waals surface area contributed by atoms with Gasteiger partial charge in [0.15, 0.2) is 0 Å². The van der Waals surface area contributed by atoms with E-state index in [0.717, 1.165) is 49.3 Å². The monoisotopic (exact) mass is 675 g/mol. The van der Waals surface area contributed by atoms with Crippen molar-refractivity contribution in [3.8, 4) is 0 Å². The zero-order valence-electron chi connectivity index (χ0n) is 24.4. The van der Waals surface area contributed by atoms with Gasteiger partial charge >= 0.3 is 5.51 Å². The summed E-state index contributed by atoms with van der Waals surface area (Å²) in [6, 6.07) is 3.65. The van der Waals surface area contributed by atoms with Crippen LogP contribution in [0.1, 0.15) is 62.8 Å². The minimum Gasteiger partial charge on any atom is -0.303 e. The van der Waals surface area contributed by atoms with Gasteiger partial charge in [-0.2, -0.15) is 13.2 Å². The molecule has 1 aromatic carbocycles. The van der Waals surface area contributed by atoms with Gasteiger partial charge in [0.25, 0.3) is 0 Å². The number of likely N-dealkylation sites (tertiary alicyclic amines) is 1. The highest BCUT2D eigenvalue weighted by Gasteiger charge is 2.42. The fourth-order valence-electron chi connectivity index (χ4n) is 6.75. The number of piperidine rings is 3. The maximum Gasteiger partial charge on any atom is 0.485 e. The van der Waals surface area contributed by atoms with Crippen LogP contribution in [0, 0.1) is 23.5 Å². The third kappa shape index (κ3) is 9.99. The van der Waals surface area contributed by atoms with Crippen molar-refractivity contribution in [2.45, 2.75) is 68.0 Å². The lowest BCUT2D eigenvalue weighted by Crippen LogP contribution is -2.43. The summed E-state index contributed by atoms with van der Waals surface area (Å²) < 4.78 is 117. The average molecular weight is 676 g/mol. The Morgan fingerprint density at radius 1 is 0.884 bits per heavy atom. The van der Waals surface area contributed by atoms with E-state index in [2.05, 4.69) is 4.90 Å². The highest BCUT2D eigenvalue weighted by molar-refractivity contribution is 7.88. The number of rotatable bonds is 11. The van der Waals surface area contributed by atoms with Gasteiger partial charge in [-0.15, -0.1) is 0 Å². The zero-order chi connectivity index (χ0) is 31.4. The van der Waals surface area contributed by atoms with Gasteiger partial charge in [0.1, 0.15) is 11.6 Å². The van der Waals surface area contributed by atoms with Crippen LogP contribution in [-0.2, 0) is 31.8 Å². The molecule has 3 atom stereocenters. The molecule has 246 valence electrons. The molecule has 4 rings (SSSR count). The van der Waals surface area contributed by atoms with E-state index >= 15 is 0 Å². The van der Waals surface area contributed by atoms with Gasteiger partial charge in [-0.05, 0) is 106 Å². The van der Waals surface area contributed by atoms with E-state index in [1.807, 2.05) is 0 Å². The van der Waals surface area contributed by atoms with Crippen molar-refractivity contribution in [1.82, 2.24) is 13.5 Å². The number of benzene rings is 1. The molecule has 0 spiro atoms. The number of alkyl halides is 3. The molecule has 0 aromatic heterocycles. The largest absolute Gasteiger partial charge is 0.485 e. The first-order chi connectivity index (χ1) is 20.2. The van der Waals surface area contributed by atoms with E-state index < -0.39 is 49.0 Å². The molecule has 15 heteroatoms. The minimum atomic E-state index is -4.77. The second-order valence-electron chi connectivity index (χ2n) is 12.1. The Morgan fingerprint density at radius 2 is 1.47 bits per heavy atom. The van der Waals surface area contributed by atoms with Crippen molar-refractivity contribution >= 4 is 31.8 Å². The lowest BCUT2D eigenvalue weighted by atomic mass is 9.78. The van der Waals surface area contributed by atoms with E-state index in [1.165, 1.54) is 22.7 Å². The van der Waals surface area contributed by atoms with Crippen LogP contribution in [0.25, 0.3) is 0 Å². The fraction of sp³-hybridized carbons (Fsp3) is 0.786. The average Bonchev–Trinajstić information content (AvgIpc) is 2.95. The number of sulfonamides is 1. The van der Waals surface area contributed by atoms with Gasteiger partial charge < -0.3 is 4.90 Å². The second kappa shape index (κ2) is 15.1. The van der Waals surface area contributed by atoms with Gasteiger partial charge in [0.05, 0.1) is 6.26 Å². The predicted molar refractivity (Wildman–Crippen MR) is 158 cm³/mol. The lowest BCUT2D eigenvalue weighted by molar-refractivity contribution is -0.0432. The van der Waals surface area contributed by atoms with Crippen molar-refractivity contribution in [1.29, 1.82) is 0 Å². The van der Waals surface area contributed by atoms with E-state index in [4.69, 9.17) is 0 Å². The highest BCUT2D eigenvalue weighted by atomic mass is 32.2. The van der Waals surface area contributed by atoms with Crippen molar-refractivity contribution in [2.75, 3.05) is 57.8 Å². The SMILES string of the molecule is CS(=O)(=O)N1CCC(C(CCN2CCC(CCS(=O)C3CCN(S(=O)C(F)(F)F)CC3)CC2)c2cc(F)cc(F)c2)CC1. The standard InChI is InChI=1S/C28H42F5N3O4S3/c1-43(39,40)36-15-4-22(5-16-36)27(23-18-24(29)20-25(30)19-23)8-12-34-10-2-21(3-11-34)9-17-41(37)26-6-13-35(14-7-26)42(38)28(31,32)33/h18-22,26-27H,2-17H2,1H3. The van der Waals surface area contributed by atoms with Gasteiger partial charge in [-0.3, -0.25) is 4.21 Å². The summed E-state index contributed by atoms with van der Waals surface area (Å²) in [4.78, 5) is 2.35. The number of halogens is 5. The smallest absolute Gasteiger partial charge is 0.303 e. The van der Waals surface area contributed by atoms with Crippen molar-refractivity contribution < 1.29 is 38.8 Å². The molecule has 1 aromatic rings. The Hall–Kier alpha value is -1.00. The second-order valence-corrected chi connectivity index (χ2v) is 17.4. The quantitative estimate of drug-likeness (QED) is 0.321. The van der Waals surface area contributed by atoms with Crippen LogP contribution in [0.4, 0.5) is 22.0 Å². The van der Waals surface area contributed by atoms with E-state index in [9.17, 15) is 38.8 Å². The van der Waals surface area contributed by atoms with Gasteiger partial charge in [0.2, 0.25) is 21.0 Å². The molecule has 0 N–H and O–H groups in total. The van der Waals surface area contributed by atoms with Gasteiger partial charge in [-0.1, -0.05) is 0 Å².